The van der Waals surface area contributed by atoms with Crippen molar-refractivity contribution < 1.29 is 14.3 Å². The zero-order valence-electron chi connectivity index (χ0n) is 17.8. The molecule has 0 bridgehead atoms. The van der Waals surface area contributed by atoms with Crippen molar-refractivity contribution in [3.05, 3.63) is 60.2 Å². The molecule has 164 valence electrons. The van der Waals surface area contributed by atoms with Crippen molar-refractivity contribution in [2.75, 3.05) is 56.6 Å². The molecule has 2 aliphatic heterocycles. The lowest BCUT2D eigenvalue weighted by atomic mass is 10.0. The Morgan fingerprint density at radius 3 is 2.19 bits per heavy atom. The molecule has 2 aromatic rings. The fraction of sp³-hybridized carbons (Fsp3) is 0.417. The first-order valence-corrected chi connectivity index (χ1v) is 11.0. The summed E-state index contributed by atoms with van der Waals surface area (Å²) in [6.07, 6.45) is 2.12. The third-order valence-corrected chi connectivity index (χ3v) is 5.75. The van der Waals surface area contributed by atoms with Crippen LogP contribution < -0.4 is 10.6 Å². The summed E-state index contributed by atoms with van der Waals surface area (Å²) < 4.78 is 5.32. The number of benzene rings is 2. The van der Waals surface area contributed by atoms with Gasteiger partial charge in [-0.1, -0.05) is 30.3 Å². The molecule has 2 heterocycles. The van der Waals surface area contributed by atoms with Crippen LogP contribution in [-0.2, 0) is 14.3 Å². The molecule has 0 aliphatic carbocycles. The molecular weight excluding hydrogens is 392 g/mol. The average Bonchev–Trinajstić information content (AvgIpc) is 3.34. The number of nitrogens with one attached hydrogen (secondary N) is 2. The van der Waals surface area contributed by atoms with E-state index < -0.39 is 6.04 Å². The summed E-state index contributed by atoms with van der Waals surface area (Å²) in [6.45, 7) is 4.91. The summed E-state index contributed by atoms with van der Waals surface area (Å²) >= 11 is 0. The van der Waals surface area contributed by atoms with Gasteiger partial charge in [-0.25, -0.2) is 0 Å². The molecule has 2 amide bonds. The summed E-state index contributed by atoms with van der Waals surface area (Å²) in [6, 6.07) is 16.9. The number of anilines is 2. The second kappa shape index (κ2) is 10.4. The molecule has 7 heteroatoms. The number of nitrogens with zero attached hydrogens (tertiary/aromatic N) is 2. The third kappa shape index (κ3) is 5.83. The van der Waals surface area contributed by atoms with Crippen molar-refractivity contribution >= 4 is 23.2 Å². The second-order valence-corrected chi connectivity index (χ2v) is 8.03. The number of hydrogen-bond acceptors (Lipinski definition) is 5. The molecule has 2 saturated heterocycles. The van der Waals surface area contributed by atoms with Crippen molar-refractivity contribution in [1.29, 1.82) is 0 Å². The first kappa shape index (κ1) is 21.3. The van der Waals surface area contributed by atoms with E-state index in [4.69, 9.17) is 4.74 Å². The van der Waals surface area contributed by atoms with Crippen LogP contribution in [0.3, 0.4) is 0 Å². The van der Waals surface area contributed by atoms with Gasteiger partial charge in [0.25, 0.3) is 0 Å². The Bertz CT molecular complexity index is 860. The third-order valence-electron chi connectivity index (χ3n) is 5.75. The average molecular weight is 423 g/mol. The Morgan fingerprint density at radius 2 is 1.52 bits per heavy atom. The molecule has 7 nitrogen and oxygen atoms in total. The summed E-state index contributed by atoms with van der Waals surface area (Å²) in [4.78, 5) is 29.5. The highest BCUT2D eigenvalue weighted by molar-refractivity contribution is 5.92. The maximum atomic E-state index is 13.1. The van der Waals surface area contributed by atoms with Crippen LogP contribution in [-0.4, -0.2) is 67.6 Å². The fourth-order valence-electron chi connectivity index (χ4n) is 4.03. The fourth-order valence-corrected chi connectivity index (χ4v) is 4.03. The van der Waals surface area contributed by atoms with Gasteiger partial charge in [-0.2, -0.15) is 0 Å². The van der Waals surface area contributed by atoms with Gasteiger partial charge in [0.15, 0.2) is 0 Å². The van der Waals surface area contributed by atoms with E-state index in [0.29, 0.717) is 19.8 Å². The van der Waals surface area contributed by atoms with Crippen molar-refractivity contribution in [3.8, 4) is 0 Å². The monoisotopic (exact) mass is 422 g/mol. The Morgan fingerprint density at radius 1 is 0.871 bits per heavy atom. The Labute approximate surface area is 183 Å². The van der Waals surface area contributed by atoms with Crippen LogP contribution in [0.1, 0.15) is 24.4 Å². The number of rotatable bonds is 7. The number of carbonyl (C=O) groups is 2. The number of morpholine rings is 1. The normalized spacial score (nSPS) is 17.9. The quantitative estimate of drug-likeness (QED) is 0.718. The highest BCUT2D eigenvalue weighted by Gasteiger charge is 2.27. The Kier molecular flexibility index (Phi) is 7.17. The molecule has 1 atom stereocenters. The van der Waals surface area contributed by atoms with Gasteiger partial charge in [-0.05, 0) is 42.7 Å². The van der Waals surface area contributed by atoms with E-state index in [1.165, 1.54) is 0 Å². The largest absolute Gasteiger partial charge is 0.379 e. The topological polar surface area (TPSA) is 73.9 Å². The Hall–Kier alpha value is -2.90. The molecule has 1 unspecified atom stereocenters. The van der Waals surface area contributed by atoms with E-state index in [9.17, 15) is 9.59 Å². The number of amides is 2. The highest BCUT2D eigenvalue weighted by atomic mass is 16.5. The van der Waals surface area contributed by atoms with E-state index in [2.05, 4.69) is 15.5 Å². The number of ether oxygens (including phenoxy) is 1. The predicted octanol–water partition coefficient (Wildman–Crippen LogP) is 2.73. The molecule has 0 radical (unpaired) electrons. The van der Waals surface area contributed by atoms with Crippen LogP contribution in [0.5, 0.6) is 0 Å². The first-order valence-electron chi connectivity index (χ1n) is 11.0. The standard InChI is InChI=1S/C24H30N4O3/c29-22(18-27-14-16-31-17-15-27)25-20-8-10-21(11-9-20)26-23(19-6-2-1-3-7-19)24(30)28-12-4-5-13-28/h1-3,6-11,23,26H,4-5,12-18H2,(H,25,29). The van der Waals surface area contributed by atoms with E-state index in [1.54, 1.807) is 0 Å². The van der Waals surface area contributed by atoms with E-state index >= 15 is 0 Å². The van der Waals surface area contributed by atoms with Gasteiger partial charge in [-0.3, -0.25) is 14.5 Å². The van der Waals surface area contributed by atoms with Crippen LogP contribution in [0.2, 0.25) is 0 Å². The molecule has 2 aromatic carbocycles. The molecule has 0 aromatic heterocycles. The maximum absolute atomic E-state index is 13.1. The predicted molar refractivity (Wildman–Crippen MR) is 121 cm³/mol. The maximum Gasteiger partial charge on any atom is 0.249 e. The lowest BCUT2D eigenvalue weighted by molar-refractivity contribution is -0.131. The van der Waals surface area contributed by atoms with E-state index in [0.717, 1.165) is 56.0 Å². The molecule has 2 aliphatic rings. The smallest absolute Gasteiger partial charge is 0.249 e. The zero-order valence-corrected chi connectivity index (χ0v) is 17.8. The van der Waals surface area contributed by atoms with Gasteiger partial charge < -0.3 is 20.3 Å². The van der Waals surface area contributed by atoms with Crippen molar-refractivity contribution in [2.45, 2.75) is 18.9 Å². The second-order valence-electron chi connectivity index (χ2n) is 8.03. The number of likely N-dealkylation sites (tertiary alicyclic amines) is 1. The molecule has 0 saturated carbocycles. The number of hydrogen-bond donors (Lipinski definition) is 2. The molecule has 31 heavy (non-hydrogen) atoms. The van der Waals surface area contributed by atoms with Crippen LogP contribution in [0, 0.1) is 0 Å². The Balaban J connectivity index is 1.39. The number of carbonyl (C=O) groups excluding carboxylic acids is 2. The summed E-state index contributed by atoms with van der Waals surface area (Å²) in [5.74, 6) is 0.0700. The van der Waals surface area contributed by atoms with Crippen LogP contribution in [0.15, 0.2) is 54.6 Å². The van der Waals surface area contributed by atoms with Gasteiger partial charge in [0.1, 0.15) is 6.04 Å². The van der Waals surface area contributed by atoms with Crippen molar-refractivity contribution in [3.63, 3.8) is 0 Å². The van der Waals surface area contributed by atoms with Crippen LogP contribution in [0.25, 0.3) is 0 Å². The molecular formula is C24H30N4O3. The van der Waals surface area contributed by atoms with Crippen LogP contribution in [0.4, 0.5) is 11.4 Å². The molecule has 4 rings (SSSR count). The van der Waals surface area contributed by atoms with E-state index in [1.807, 2.05) is 59.5 Å². The van der Waals surface area contributed by atoms with Crippen LogP contribution >= 0.6 is 0 Å². The highest BCUT2D eigenvalue weighted by Crippen LogP contribution is 2.25. The van der Waals surface area contributed by atoms with Gasteiger partial charge in [0.05, 0.1) is 19.8 Å². The summed E-state index contributed by atoms with van der Waals surface area (Å²) in [5, 5.41) is 6.34. The molecule has 2 fully saturated rings. The zero-order chi connectivity index (χ0) is 21.5. The van der Waals surface area contributed by atoms with Crippen molar-refractivity contribution in [2.24, 2.45) is 0 Å². The minimum absolute atomic E-state index is 0.0333. The van der Waals surface area contributed by atoms with Gasteiger partial charge in [0.2, 0.25) is 11.8 Å². The summed E-state index contributed by atoms with van der Waals surface area (Å²) in [5.41, 5.74) is 2.53. The minimum Gasteiger partial charge on any atom is -0.379 e. The SMILES string of the molecule is O=C(CN1CCOCC1)Nc1ccc(NC(C(=O)N2CCCC2)c2ccccc2)cc1. The summed E-state index contributed by atoms with van der Waals surface area (Å²) in [7, 11) is 0. The first-order chi connectivity index (χ1) is 15.2. The van der Waals surface area contributed by atoms with Gasteiger partial charge >= 0.3 is 0 Å². The molecule has 2 N–H and O–H groups in total. The van der Waals surface area contributed by atoms with Gasteiger partial charge in [0, 0.05) is 37.6 Å². The van der Waals surface area contributed by atoms with Gasteiger partial charge in [-0.15, -0.1) is 0 Å². The lowest BCUT2D eigenvalue weighted by Gasteiger charge is -2.26. The lowest BCUT2D eigenvalue weighted by Crippen LogP contribution is -2.41. The molecule has 0 spiro atoms. The minimum atomic E-state index is -0.430. The van der Waals surface area contributed by atoms with E-state index in [-0.39, 0.29) is 11.8 Å². The van der Waals surface area contributed by atoms with Crippen molar-refractivity contribution in [1.82, 2.24) is 9.80 Å².